The van der Waals surface area contributed by atoms with E-state index in [4.69, 9.17) is 8.44 Å². The van der Waals surface area contributed by atoms with Gasteiger partial charge in [0.2, 0.25) is 0 Å². The molecule has 3 aromatic carbocycles. The molecule has 3 rings (SSSR count). The first kappa shape index (κ1) is 23.6. The van der Waals surface area contributed by atoms with Gasteiger partial charge in [-0.15, -0.1) is 0 Å². The van der Waals surface area contributed by atoms with Crippen molar-refractivity contribution >= 4 is 23.1 Å². The fourth-order valence-corrected chi connectivity index (χ4v) is 8.00. The second-order valence-corrected chi connectivity index (χ2v) is 12.3. The van der Waals surface area contributed by atoms with Crippen LogP contribution >= 0.6 is 0 Å². The molecule has 164 valence electrons. The molecule has 3 nitrogen and oxygen atoms in total. The zero-order chi connectivity index (χ0) is 22.9. The number of hydrogen-bond donors (Lipinski definition) is 0. The van der Waals surface area contributed by atoms with Gasteiger partial charge in [-0.1, -0.05) is 0 Å². The third kappa shape index (κ3) is 5.06. The second kappa shape index (κ2) is 9.61. The minimum absolute atomic E-state index is 0.851. The van der Waals surface area contributed by atoms with Crippen molar-refractivity contribution in [3.63, 3.8) is 0 Å². The molecule has 0 aliphatic heterocycles. The summed E-state index contributed by atoms with van der Waals surface area (Å²) in [4.78, 5) is 0. The molecule has 3 aromatic rings. The summed E-state index contributed by atoms with van der Waals surface area (Å²) in [5.41, 5.74) is 10.9. The van der Waals surface area contributed by atoms with E-state index in [-0.39, 0.29) is 0 Å². The van der Waals surface area contributed by atoms with Crippen molar-refractivity contribution in [3.05, 3.63) is 86.5 Å². The van der Waals surface area contributed by atoms with Crippen LogP contribution in [0, 0.1) is 62.3 Å². The Balaban J connectivity index is 1.99. The molecule has 31 heavy (non-hydrogen) atoms. The van der Waals surface area contributed by atoms with Gasteiger partial charge < -0.3 is 0 Å². The van der Waals surface area contributed by atoms with E-state index < -0.39 is 23.1 Å². The van der Waals surface area contributed by atoms with Gasteiger partial charge in [0, 0.05) is 0 Å². The van der Waals surface area contributed by atoms with Crippen molar-refractivity contribution < 1.29 is 8.44 Å². The molecule has 0 heterocycles. The van der Waals surface area contributed by atoms with E-state index in [1.807, 2.05) is 18.2 Å². The Morgan fingerprint density at radius 3 is 0.903 bits per heavy atom. The average Bonchev–Trinajstić information content (AvgIpc) is 2.74. The fraction of sp³-hybridized carbons (Fsp3) is 0.333. The van der Waals surface area contributed by atoms with E-state index in [9.17, 15) is 0 Å². The third-order valence-corrected chi connectivity index (χ3v) is 10.6. The van der Waals surface area contributed by atoms with Crippen LogP contribution in [0.1, 0.15) is 50.1 Å². The maximum absolute atomic E-state index is 6.50. The summed E-state index contributed by atoms with van der Waals surface area (Å²) in [5.74, 6) is 2.55. The Morgan fingerprint density at radius 2 is 0.645 bits per heavy atom. The molecule has 0 spiro atoms. The van der Waals surface area contributed by atoms with Crippen molar-refractivity contribution in [2.75, 3.05) is 0 Å². The molecule has 0 radical (unpaired) electrons. The Morgan fingerprint density at radius 1 is 0.387 bits per heavy atom. The first-order chi connectivity index (χ1) is 14.6. The van der Waals surface area contributed by atoms with Crippen LogP contribution in [0.4, 0.5) is 0 Å². The molecule has 0 aliphatic carbocycles. The van der Waals surface area contributed by atoms with Gasteiger partial charge in [0.25, 0.3) is 0 Å². The number of aryl methyl sites for hydroxylation is 3. The van der Waals surface area contributed by atoms with Crippen LogP contribution in [-0.4, -0.2) is 23.1 Å². The van der Waals surface area contributed by atoms with Crippen LogP contribution in [0.2, 0.25) is 0 Å². The van der Waals surface area contributed by atoms with Crippen molar-refractivity contribution in [1.82, 2.24) is 0 Å². The van der Waals surface area contributed by atoms with Crippen LogP contribution in [-0.2, 0) is 0 Å². The van der Waals surface area contributed by atoms with Crippen molar-refractivity contribution in [1.29, 1.82) is 0 Å². The van der Waals surface area contributed by atoms with Crippen LogP contribution in [0.5, 0.6) is 17.2 Å². The van der Waals surface area contributed by atoms with Gasteiger partial charge >= 0.3 is 198 Å². The molecule has 4 heteroatoms. The Bertz CT molecular complexity index is 977. The molecule has 0 amide bonds. The molecule has 0 fully saturated rings. The maximum atomic E-state index is 6.50. The molecule has 0 atom stereocenters. The van der Waals surface area contributed by atoms with Crippen molar-refractivity contribution in [2.45, 2.75) is 62.3 Å². The van der Waals surface area contributed by atoms with Crippen molar-refractivity contribution in [3.8, 4) is 17.2 Å². The molecule has 0 aromatic heterocycles. The van der Waals surface area contributed by atoms with Gasteiger partial charge in [0.1, 0.15) is 0 Å². The third-order valence-electron chi connectivity index (χ3n) is 6.54. The van der Waals surface area contributed by atoms with Crippen molar-refractivity contribution in [2.24, 2.45) is 0 Å². The molecule has 0 aliphatic rings. The van der Waals surface area contributed by atoms with E-state index in [2.05, 4.69) is 80.5 Å². The van der Waals surface area contributed by atoms with Crippen LogP contribution < -0.4 is 8.44 Å². The monoisotopic (exact) mass is 614 g/mol. The van der Waals surface area contributed by atoms with Crippen LogP contribution in [0.25, 0.3) is 0 Å². The minimum atomic E-state index is -3.40. The summed E-state index contributed by atoms with van der Waals surface area (Å²) >= 11 is -3.40. The molecule has 0 unspecified atom stereocenters. The first-order valence-electron chi connectivity index (χ1n) is 10.6. The number of benzene rings is 3. The van der Waals surface area contributed by atoms with E-state index in [1.165, 1.54) is 33.4 Å². The molecule has 0 saturated heterocycles. The Kier molecular flexibility index (Phi) is 7.32. The number of rotatable bonds is 6. The normalized spacial score (nSPS) is 11.0. The van der Waals surface area contributed by atoms with Gasteiger partial charge in [0.15, 0.2) is 0 Å². The van der Waals surface area contributed by atoms with Gasteiger partial charge in [0.05, 0.1) is 0 Å². The molecule has 0 saturated carbocycles. The van der Waals surface area contributed by atoms with Crippen LogP contribution in [0.15, 0.2) is 36.4 Å². The predicted molar refractivity (Wildman–Crippen MR) is 130 cm³/mol. The predicted octanol–water partition coefficient (Wildman–Crippen LogP) is 6.98. The van der Waals surface area contributed by atoms with E-state index in [0.717, 1.165) is 33.9 Å². The Hall–Kier alpha value is -2.06. The molecule has 0 bridgehead atoms. The van der Waals surface area contributed by atoms with Crippen LogP contribution in [0.3, 0.4) is 0 Å². The van der Waals surface area contributed by atoms with Gasteiger partial charge in [-0.25, -0.2) is 0 Å². The zero-order valence-electron chi connectivity index (χ0n) is 20.1. The average molecular weight is 615 g/mol. The quantitative estimate of drug-likeness (QED) is 0.281. The summed E-state index contributed by atoms with van der Waals surface area (Å²) in [6.45, 7) is 19.0. The molecular weight excluding hydrogens is 581 g/mol. The summed E-state index contributed by atoms with van der Waals surface area (Å²) in [5, 5.41) is 0. The van der Waals surface area contributed by atoms with E-state index in [1.54, 1.807) is 0 Å². The molecule has 0 N–H and O–H groups in total. The SMILES string of the molecule is Cc1ccc([O][Bi]([O]c2ccc(C)c(C)c2C)[O]c2ccc(C)c(C)c2C)c(C)c1C. The fourth-order valence-electron chi connectivity index (χ4n) is 3.39. The summed E-state index contributed by atoms with van der Waals surface area (Å²) < 4.78 is 19.5. The first-order valence-corrected chi connectivity index (χ1v) is 14.9. The zero-order valence-corrected chi connectivity index (χ0v) is 23.6. The van der Waals surface area contributed by atoms with Gasteiger partial charge in [-0.2, -0.15) is 0 Å². The van der Waals surface area contributed by atoms with E-state index in [0.29, 0.717) is 0 Å². The second-order valence-electron chi connectivity index (χ2n) is 8.39. The Labute approximate surface area is 196 Å². The standard InChI is InChI=1S/3C9H12O.Bi/c3*1-6-4-5-9(10)8(3)7(6)2;/h3*4-5,10H,1-3H3;/q;;;+3/p-3. The summed E-state index contributed by atoms with van der Waals surface area (Å²) in [7, 11) is 0. The van der Waals surface area contributed by atoms with Gasteiger partial charge in [-0.05, 0) is 0 Å². The van der Waals surface area contributed by atoms with E-state index >= 15 is 0 Å². The summed E-state index contributed by atoms with van der Waals surface area (Å²) in [6.07, 6.45) is 0. The summed E-state index contributed by atoms with van der Waals surface area (Å²) in [6, 6.07) is 12.4. The van der Waals surface area contributed by atoms with Gasteiger partial charge in [-0.3, -0.25) is 0 Å². The number of hydrogen-bond acceptors (Lipinski definition) is 3. The molecular formula is C27H33BiO3. The topological polar surface area (TPSA) is 27.7 Å².